The molecule has 4 aromatic carbocycles. The molecule has 0 spiro atoms. The van der Waals surface area contributed by atoms with E-state index in [0.29, 0.717) is 42.6 Å². The highest BCUT2D eigenvalue weighted by atomic mass is 35.5. The zero-order valence-electron chi connectivity index (χ0n) is 22.0. The van der Waals surface area contributed by atoms with Gasteiger partial charge in [-0.05, 0) is 85.3 Å². The van der Waals surface area contributed by atoms with E-state index in [0.717, 1.165) is 4.90 Å². The predicted molar refractivity (Wildman–Crippen MR) is 174 cm³/mol. The second-order valence-corrected chi connectivity index (χ2v) is 12.0. The third-order valence-corrected chi connectivity index (χ3v) is 8.00. The molecule has 0 heterocycles. The quantitative estimate of drug-likeness (QED) is 0.124. The van der Waals surface area contributed by atoms with Gasteiger partial charge in [-0.3, -0.25) is 14.4 Å². The van der Waals surface area contributed by atoms with Crippen LogP contribution >= 0.6 is 58.2 Å². The second-order valence-electron chi connectivity index (χ2n) is 8.90. The first kappa shape index (κ1) is 31.5. The van der Waals surface area contributed by atoms with Crippen LogP contribution in [0.1, 0.15) is 22.8 Å². The van der Waals surface area contributed by atoms with Crippen molar-refractivity contribution in [2.24, 2.45) is 0 Å². The van der Waals surface area contributed by atoms with Gasteiger partial charge in [0.05, 0.1) is 16.0 Å². The summed E-state index contributed by atoms with van der Waals surface area (Å²) in [6.45, 7) is 1.77. The van der Waals surface area contributed by atoms with Crippen molar-refractivity contribution in [3.8, 4) is 0 Å². The first-order valence-electron chi connectivity index (χ1n) is 12.5. The van der Waals surface area contributed by atoms with Crippen molar-refractivity contribution in [2.45, 2.75) is 17.1 Å². The van der Waals surface area contributed by atoms with Crippen LogP contribution in [0.25, 0.3) is 6.08 Å². The minimum Gasteiger partial charge on any atom is -0.324 e. The maximum Gasteiger partial charge on any atom is 0.272 e. The molecule has 4 aromatic rings. The number of anilines is 2. The minimum absolute atomic E-state index is 0.0160. The molecule has 0 bridgehead atoms. The molecule has 0 aliphatic rings. The van der Waals surface area contributed by atoms with Crippen LogP contribution in [0.3, 0.4) is 0 Å². The number of carbonyl (C=O) groups excluding carboxylic acids is 3. The highest BCUT2D eigenvalue weighted by Crippen LogP contribution is 2.29. The van der Waals surface area contributed by atoms with Gasteiger partial charge in [-0.2, -0.15) is 0 Å². The Labute approximate surface area is 267 Å². The fourth-order valence-corrected chi connectivity index (χ4v) is 5.40. The standard InChI is InChI=1S/C31H23Cl4N3O3S/c1-18(29(39)37-27-14-9-22(33)17-26(27)35)42-24-12-10-23(11-13-24)36-31(41)28(15-20-7-8-21(32)16-25(20)34)38-30(40)19-5-3-2-4-6-19/h2-18H,1H3,(H,36,41)(H,37,39)(H,38,40)/b28-15-. The fraction of sp³-hybridized carbons (Fsp3) is 0.0645. The molecular formula is C31H23Cl4N3O3S. The van der Waals surface area contributed by atoms with Crippen molar-refractivity contribution >= 4 is 93.3 Å². The number of hydrogen-bond donors (Lipinski definition) is 3. The Hall–Kier alpha value is -3.46. The molecule has 1 atom stereocenters. The summed E-state index contributed by atoms with van der Waals surface area (Å²) in [7, 11) is 0. The largest absolute Gasteiger partial charge is 0.324 e. The molecule has 0 aliphatic carbocycles. The maximum atomic E-state index is 13.3. The van der Waals surface area contributed by atoms with Gasteiger partial charge in [0.2, 0.25) is 5.91 Å². The van der Waals surface area contributed by atoms with Crippen LogP contribution in [0.2, 0.25) is 20.1 Å². The molecular weight excluding hydrogens is 636 g/mol. The number of carbonyl (C=O) groups is 3. The van der Waals surface area contributed by atoms with E-state index in [-0.39, 0.29) is 11.6 Å². The Morgan fingerprint density at radius 2 is 1.40 bits per heavy atom. The summed E-state index contributed by atoms with van der Waals surface area (Å²) in [6, 6.07) is 25.2. The smallest absolute Gasteiger partial charge is 0.272 e. The summed E-state index contributed by atoms with van der Waals surface area (Å²) >= 11 is 25.7. The summed E-state index contributed by atoms with van der Waals surface area (Å²) in [5.74, 6) is -1.24. The van der Waals surface area contributed by atoms with E-state index in [1.807, 2.05) is 0 Å². The van der Waals surface area contributed by atoms with Crippen molar-refractivity contribution in [3.05, 3.63) is 128 Å². The Kier molecular flexibility index (Phi) is 11.0. The molecule has 214 valence electrons. The van der Waals surface area contributed by atoms with Gasteiger partial charge in [0.1, 0.15) is 5.70 Å². The number of hydrogen-bond acceptors (Lipinski definition) is 4. The van der Waals surface area contributed by atoms with Crippen LogP contribution in [-0.2, 0) is 9.59 Å². The van der Waals surface area contributed by atoms with Crippen LogP contribution in [-0.4, -0.2) is 23.0 Å². The molecule has 0 saturated carbocycles. The summed E-state index contributed by atoms with van der Waals surface area (Å²) in [5.41, 5.74) is 1.82. The average molecular weight is 659 g/mol. The van der Waals surface area contributed by atoms with Crippen LogP contribution in [0.5, 0.6) is 0 Å². The van der Waals surface area contributed by atoms with E-state index in [1.165, 1.54) is 17.8 Å². The van der Waals surface area contributed by atoms with Gasteiger partial charge in [0.15, 0.2) is 0 Å². The van der Waals surface area contributed by atoms with Gasteiger partial charge in [-0.25, -0.2) is 0 Å². The molecule has 0 aromatic heterocycles. The van der Waals surface area contributed by atoms with Crippen molar-refractivity contribution in [1.82, 2.24) is 5.32 Å². The fourth-order valence-electron chi connectivity index (χ4n) is 3.61. The first-order valence-corrected chi connectivity index (χ1v) is 14.9. The summed E-state index contributed by atoms with van der Waals surface area (Å²) < 4.78 is 0. The lowest BCUT2D eigenvalue weighted by molar-refractivity contribution is -0.115. The number of amides is 3. The highest BCUT2D eigenvalue weighted by molar-refractivity contribution is 8.00. The van der Waals surface area contributed by atoms with Crippen LogP contribution < -0.4 is 16.0 Å². The van der Waals surface area contributed by atoms with Gasteiger partial charge >= 0.3 is 0 Å². The monoisotopic (exact) mass is 657 g/mol. The molecule has 0 radical (unpaired) electrons. The lowest BCUT2D eigenvalue weighted by atomic mass is 10.1. The van der Waals surface area contributed by atoms with Crippen LogP contribution in [0, 0.1) is 0 Å². The SMILES string of the molecule is CC(Sc1ccc(NC(=O)/C(=C/c2ccc(Cl)cc2Cl)NC(=O)c2ccccc2)cc1)C(=O)Nc1ccc(Cl)cc1Cl. The van der Waals surface area contributed by atoms with Gasteiger partial charge < -0.3 is 16.0 Å². The Bertz CT molecular complexity index is 1650. The maximum absolute atomic E-state index is 13.3. The summed E-state index contributed by atoms with van der Waals surface area (Å²) in [5, 5.41) is 9.40. The normalized spacial score (nSPS) is 11.9. The van der Waals surface area contributed by atoms with Crippen molar-refractivity contribution in [3.63, 3.8) is 0 Å². The minimum atomic E-state index is -0.557. The second kappa shape index (κ2) is 14.6. The average Bonchev–Trinajstić information content (AvgIpc) is 2.96. The zero-order valence-corrected chi connectivity index (χ0v) is 25.8. The summed E-state index contributed by atoms with van der Waals surface area (Å²) in [4.78, 5) is 39.6. The third-order valence-electron chi connectivity index (χ3n) is 5.77. The van der Waals surface area contributed by atoms with E-state index in [1.54, 1.807) is 97.9 Å². The molecule has 42 heavy (non-hydrogen) atoms. The van der Waals surface area contributed by atoms with Crippen molar-refractivity contribution in [2.75, 3.05) is 10.6 Å². The molecule has 11 heteroatoms. The molecule has 1 unspecified atom stereocenters. The molecule has 6 nitrogen and oxygen atoms in total. The number of nitrogens with one attached hydrogen (secondary N) is 3. The van der Waals surface area contributed by atoms with Gasteiger partial charge in [-0.1, -0.05) is 70.7 Å². The summed E-state index contributed by atoms with van der Waals surface area (Å²) in [6.07, 6.45) is 1.48. The van der Waals surface area contributed by atoms with E-state index in [2.05, 4.69) is 16.0 Å². The van der Waals surface area contributed by atoms with E-state index in [9.17, 15) is 14.4 Å². The lowest BCUT2D eigenvalue weighted by Crippen LogP contribution is -2.30. The molecule has 0 saturated heterocycles. The predicted octanol–water partition coefficient (Wildman–Crippen LogP) is 8.83. The molecule has 0 fully saturated rings. The van der Waals surface area contributed by atoms with Crippen molar-refractivity contribution < 1.29 is 14.4 Å². The molecule has 3 N–H and O–H groups in total. The third kappa shape index (κ3) is 8.77. The van der Waals surface area contributed by atoms with E-state index in [4.69, 9.17) is 46.4 Å². The van der Waals surface area contributed by atoms with Crippen molar-refractivity contribution in [1.29, 1.82) is 0 Å². The Balaban J connectivity index is 1.45. The number of rotatable bonds is 9. The number of halogens is 4. The topological polar surface area (TPSA) is 87.3 Å². The molecule has 3 amide bonds. The number of benzene rings is 4. The van der Waals surface area contributed by atoms with E-state index < -0.39 is 17.1 Å². The molecule has 4 rings (SSSR count). The van der Waals surface area contributed by atoms with Crippen LogP contribution in [0.4, 0.5) is 11.4 Å². The highest BCUT2D eigenvalue weighted by Gasteiger charge is 2.18. The van der Waals surface area contributed by atoms with Gasteiger partial charge in [0, 0.05) is 31.2 Å². The van der Waals surface area contributed by atoms with Gasteiger partial charge in [0.25, 0.3) is 11.8 Å². The Morgan fingerprint density at radius 1 is 0.762 bits per heavy atom. The number of thioether (sulfide) groups is 1. The molecule has 0 aliphatic heterocycles. The van der Waals surface area contributed by atoms with Gasteiger partial charge in [-0.15, -0.1) is 11.8 Å². The first-order chi connectivity index (χ1) is 20.1. The zero-order chi connectivity index (χ0) is 30.2. The van der Waals surface area contributed by atoms with Crippen LogP contribution in [0.15, 0.2) is 102 Å². The lowest BCUT2D eigenvalue weighted by Gasteiger charge is -2.14. The van der Waals surface area contributed by atoms with E-state index >= 15 is 0 Å². The Morgan fingerprint density at radius 3 is 2.05 bits per heavy atom.